The summed E-state index contributed by atoms with van der Waals surface area (Å²) in [5, 5.41) is 14.5. The van der Waals surface area contributed by atoms with Gasteiger partial charge in [0.25, 0.3) is 0 Å². The van der Waals surface area contributed by atoms with Crippen molar-refractivity contribution in [2.75, 3.05) is 11.9 Å². The number of aromatic carboxylic acids is 1. The second-order valence-electron chi connectivity index (χ2n) is 10.5. The molecule has 0 aromatic heterocycles. The van der Waals surface area contributed by atoms with Crippen LogP contribution in [0.4, 0.5) is 14.9 Å². The van der Waals surface area contributed by atoms with Crippen LogP contribution in [0.25, 0.3) is 0 Å². The third kappa shape index (κ3) is 7.01. The summed E-state index contributed by atoms with van der Waals surface area (Å²) in [7, 11) is 0. The Bertz CT molecular complexity index is 1560. The molecule has 0 heterocycles. The molecule has 2 atom stereocenters. The first-order valence-electron chi connectivity index (χ1n) is 13.9. The first kappa shape index (κ1) is 28.5. The average Bonchev–Trinajstić information content (AvgIpc) is 3.00. The first-order valence-corrected chi connectivity index (χ1v) is 13.9. The van der Waals surface area contributed by atoms with Crippen LogP contribution in [0, 0.1) is 11.7 Å². The van der Waals surface area contributed by atoms with Gasteiger partial charge in [-0.15, -0.1) is 0 Å². The van der Waals surface area contributed by atoms with Crippen molar-refractivity contribution in [2.45, 2.75) is 31.8 Å². The Balaban J connectivity index is 1.41. The molecule has 7 nitrogen and oxygen atoms in total. The van der Waals surface area contributed by atoms with Crippen molar-refractivity contribution in [1.29, 1.82) is 0 Å². The maximum Gasteiger partial charge on any atom is 0.335 e. The maximum absolute atomic E-state index is 14.0. The monoisotopic (exact) mass is 565 g/mol. The average molecular weight is 566 g/mol. The number of hydrogen-bond acceptors (Lipinski definition) is 3. The van der Waals surface area contributed by atoms with E-state index in [9.17, 15) is 23.9 Å². The number of carboxylic acid groups (broad SMARTS) is 1. The van der Waals surface area contributed by atoms with E-state index in [4.69, 9.17) is 0 Å². The predicted molar refractivity (Wildman–Crippen MR) is 159 cm³/mol. The van der Waals surface area contributed by atoms with Crippen LogP contribution in [-0.2, 0) is 24.2 Å². The minimum absolute atomic E-state index is 0.0368. The lowest BCUT2D eigenvalue weighted by Crippen LogP contribution is -2.46. The molecule has 0 bridgehead atoms. The van der Waals surface area contributed by atoms with E-state index < -0.39 is 12.0 Å². The molecule has 3 N–H and O–H groups in total. The Morgan fingerprint density at radius 1 is 0.857 bits per heavy atom. The third-order valence-electron chi connectivity index (χ3n) is 7.64. The number of benzene rings is 4. The summed E-state index contributed by atoms with van der Waals surface area (Å²) in [4.78, 5) is 39.7. The van der Waals surface area contributed by atoms with E-state index in [2.05, 4.69) is 34.9 Å². The van der Waals surface area contributed by atoms with Gasteiger partial charge in [0.15, 0.2) is 0 Å². The molecule has 3 amide bonds. The van der Waals surface area contributed by atoms with Gasteiger partial charge in [0.2, 0.25) is 5.91 Å². The highest BCUT2D eigenvalue weighted by Gasteiger charge is 2.36. The molecule has 0 aliphatic heterocycles. The lowest BCUT2D eigenvalue weighted by molar-refractivity contribution is -0.135. The second kappa shape index (κ2) is 13.1. The molecule has 42 heavy (non-hydrogen) atoms. The van der Waals surface area contributed by atoms with E-state index >= 15 is 0 Å². The van der Waals surface area contributed by atoms with Crippen molar-refractivity contribution in [3.63, 3.8) is 0 Å². The highest BCUT2D eigenvalue weighted by Crippen LogP contribution is 2.41. The summed E-state index contributed by atoms with van der Waals surface area (Å²) in [5.74, 6) is -1.62. The Labute approximate surface area is 244 Å². The van der Waals surface area contributed by atoms with E-state index in [0.29, 0.717) is 5.69 Å². The lowest BCUT2D eigenvalue weighted by Gasteiger charge is -2.42. The smallest absolute Gasteiger partial charge is 0.335 e. The number of hydrogen-bond donors (Lipinski definition) is 3. The topological polar surface area (TPSA) is 98.7 Å². The van der Waals surface area contributed by atoms with Crippen LogP contribution in [0.15, 0.2) is 103 Å². The largest absolute Gasteiger partial charge is 0.478 e. The second-order valence-corrected chi connectivity index (χ2v) is 10.5. The van der Waals surface area contributed by atoms with E-state index in [0.717, 1.165) is 30.4 Å². The van der Waals surface area contributed by atoms with Gasteiger partial charge in [0.05, 0.1) is 18.2 Å². The summed E-state index contributed by atoms with van der Waals surface area (Å²) in [6.07, 6.45) is 2.57. The minimum Gasteiger partial charge on any atom is -0.478 e. The number of fused-ring (bicyclic) bond motifs is 1. The van der Waals surface area contributed by atoms with Crippen molar-refractivity contribution in [1.82, 2.24) is 10.2 Å². The van der Waals surface area contributed by atoms with E-state index in [-0.39, 0.29) is 42.3 Å². The molecule has 1 aliphatic carbocycles. The van der Waals surface area contributed by atoms with Gasteiger partial charge < -0.3 is 20.6 Å². The molecule has 0 fully saturated rings. The minimum atomic E-state index is -1.11. The molecule has 0 saturated heterocycles. The zero-order valence-corrected chi connectivity index (χ0v) is 23.0. The fraction of sp³-hybridized carbons (Fsp3) is 0.206. The van der Waals surface area contributed by atoms with E-state index in [1.165, 1.54) is 41.5 Å². The summed E-state index contributed by atoms with van der Waals surface area (Å²) in [6.45, 7) is -0.0320. The van der Waals surface area contributed by atoms with Gasteiger partial charge in [-0.05, 0) is 77.8 Å². The molecule has 5 rings (SSSR count). The molecule has 1 aliphatic rings. The van der Waals surface area contributed by atoms with Crippen LogP contribution in [0.3, 0.4) is 0 Å². The Kier molecular flexibility index (Phi) is 8.92. The standard InChI is InChI=1S/C34H32FN3O4/c35-28-17-13-24(14-18-28)22-38(31(39)21-36-34(42)37-29-11-6-10-27(20-29)33(40)41)32-26(19-23-7-2-1-3-8-23)16-15-25-9-4-5-12-30(25)32/h1-14,17-18,20,26,32H,15-16,19,21-22H2,(H,40,41)(H2,36,37,42). The van der Waals surface area contributed by atoms with Crippen molar-refractivity contribution in [3.8, 4) is 0 Å². The number of carboxylic acids is 1. The van der Waals surface area contributed by atoms with Crippen molar-refractivity contribution in [2.24, 2.45) is 5.92 Å². The number of nitrogens with zero attached hydrogens (tertiary/aromatic N) is 1. The molecule has 0 spiro atoms. The normalized spacial score (nSPS) is 15.7. The molecule has 4 aromatic rings. The number of amides is 3. The fourth-order valence-corrected chi connectivity index (χ4v) is 5.65. The van der Waals surface area contributed by atoms with Gasteiger partial charge in [0, 0.05) is 12.2 Å². The van der Waals surface area contributed by atoms with Gasteiger partial charge in [-0.2, -0.15) is 0 Å². The molecule has 214 valence electrons. The van der Waals surface area contributed by atoms with E-state index in [1.54, 1.807) is 23.1 Å². The third-order valence-corrected chi connectivity index (χ3v) is 7.64. The van der Waals surface area contributed by atoms with Crippen LogP contribution in [-0.4, -0.2) is 34.5 Å². The predicted octanol–water partition coefficient (Wildman–Crippen LogP) is 6.22. The Morgan fingerprint density at radius 3 is 2.36 bits per heavy atom. The first-order chi connectivity index (χ1) is 20.4. The van der Waals surface area contributed by atoms with Gasteiger partial charge in [0.1, 0.15) is 5.82 Å². The van der Waals surface area contributed by atoms with Crippen LogP contribution in [0.1, 0.15) is 45.1 Å². The van der Waals surface area contributed by atoms with E-state index in [1.807, 2.05) is 30.3 Å². The number of urea groups is 1. The number of rotatable bonds is 9. The summed E-state index contributed by atoms with van der Waals surface area (Å²) in [5.41, 5.74) is 4.56. The van der Waals surface area contributed by atoms with Crippen LogP contribution in [0.5, 0.6) is 0 Å². The SMILES string of the molecule is O=C(NCC(=O)N(Cc1ccc(F)cc1)C1c2ccccc2CCC1Cc1ccccc1)Nc1cccc(C(=O)O)c1. The van der Waals surface area contributed by atoms with Gasteiger partial charge in [-0.25, -0.2) is 14.0 Å². The number of carbonyl (C=O) groups is 3. The number of carbonyl (C=O) groups excluding carboxylic acids is 2. The van der Waals surface area contributed by atoms with Gasteiger partial charge >= 0.3 is 12.0 Å². The molecular formula is C34H32FN3O4. The fourth-order valence-electron chi connectivity index (χ4n) is 5.65. The number of aryl methyl sites for hydroxylation is 1. The summed E-state index contributed by atoms with van der Waals surface area (Å²) < 4.78 is 13.7. The zero-order valence-electron chi connectivity index (χ0n) is 23.0. The summed E-state index contributed by atoms with van der Waals surface area (Å²) in [6, 6.07) is 29.4. The zero-order chi connectivity index (χ0) is 29.5. The van der Waals surface area contributed by atoms with Crippen LogP contribution < -0.4 is 10.6 Å². The quantitative estimate of drug-likeness (QED) is 0.224. The van der Waals surface area contributed by atoms with Crippen molar-refractivity contribution < 1.29 is 23.9 Å². The van der Waals surface area contributed by atoms with Crippen molar-refractivity contribution >= 4 is 23.6 Å². The molecule has 4 aromatic carbocycles. The number of nitrogens with one attached hydrogen (secondary N) is 2. The van der Waals surface area contributed by atoms with Crippen molar-refractivity contribution in [3.05, 3.63) is 137 Å². The highest BCUT2D eigenvalue weighted by molar-refractivity contribution is 5.94. The number of anilines is 1. The number of halogens is 1. The summed E-state index contributed by atoms with van der Waals surface area (Å²) >= 11 is 0. The van der Waals surface area contributed by atoms with Gasteiger partial charge in [-0.1, -0.05) is 72.8 Å². The highest BCUT2D eigenvalue weighted by atomic mass is 19.1. The Hall–Kier alpha value is -4.98. The molecule has 0 saturated carbocycles. The molecule has 2 unspecified atom stereocenters. The Morgan fingerprint density at radius 2 is 1.60 bits per heavy atom. The molecule has 8 heteroatoms. The van der Waals surface area contributed by atoms with Crippen LogP contribution in [0.2, 0.25) is 0 Å². The lowest BCUT2D eigenvalue weighted by atomic mass is 9.76. The molecular weight excluding hydrogens is 533 g/mol. The molecule has 0 radical (unpaired) electrons. The maximum atomic E-state index is 14.0. The van der Waals surface area contributed by atoms with Gasteiger partial charge in [-0.3, -0.25) is 4.79 Å². The van der Waals surface area contributed by atoms with Crippen LogP contribution >= 0.6 is 0 Å².